The molecule has 2 aromatic rings. The van der Waals surface area contributed by atoms with E-state index in [0.29, 0.717) is 0 Å². The van der Waals surface area contributed by atoms with Crippen LogP contribution in [0.25, 0.3) is 0 Å². The van der Waals surface area contributed by atoms with Gasteiger partial charge in [0.05, 0.1) is 0 Å². The average Bonchev–Trinajstić information content (AvgIpc) is 2.45. The zero-order valence-corrected chi connectivity index (χ0v) is 11.8. The molecule has 0 unspecified atom stereocenters. The first-order valence-electron chi connectivity index (χ1n) is 6.82. The van der Waals surface area contributed by atoms with Crippen molar-refractivity contribution in [2.45, 2.75) is 13.3 Å². The molecule has 0 amide bonds. The predicted octanol–water partition coefficient (Wildman–Crippen LogP) is 3.93. The fourth-order valence-corrected chi connectivity index (χ4v) is 2.03. The Bertz CT molecular complexity index is 476. The summed E-state index contributed by atoms with van der Waals surface area (Å²) in [6, 6.07) is 19.0. The van der Waals surface area contributed by atoms with Crippen LogP contribution >= 0.6 is 0 Å². The van der Waals surface area contributed by atoms with E-state index in [4.69, 9.17) is 0 Å². The molecule has 2 nitrogen and oxygen atoms in total. The van der Waals surface area contributed by atoms with Gasteiger partial charge in [-0.2, -0.15) is 0 Å². The number of para-hydroxylation sites is 1. The second kappa shape index (κ2) is 6.83. The first-order valence-corrected chi connectivity index (χ1v) is 6.82. The first-order chi connectivity index (χ1) is 9.25. The number of rotatable bonds is 6. The lowest BCUT2D eigenvalue weighted by molar-refractivity contribution is 0.816. The monoisotopic (exact) mass is 254 g/mol. The third-order valence-corrected chi connectivity index (χ3v) is 3.25. The SMILES string of the molecule is Cc1ccc(N(C)CCCNc2ccccc2)cc1. The Morgan fingerprint density at radius 2 is 1.63 bits per heavy atom. The lowest BCUT2D eigenvalue weighted by atomic mass is 10.2. The van der Waals surface area contributed by atoms with E-state index in [2.05, 4.69) is 72.7 Å². The summed E-state index contributed by atoms with van der Waals surface area (Å²) in [6.45, 7) is 4.18. The van der Waals surface area contributed by atoms with Gasteiger partial charge in [-0.3, -0.25) is 0 Å². The number of nitrogens with zero attached hydrogens (tertiary/aromatic N) is 1. The molecule has 0 saturated heterocycles. The van der Waals surface area contributed by atoms with Gasteiger partial charge < -0.3 is 10.2 Å². The highest BCUT2D eigenvalue weighted by Crippen LogP contribution is 2.13. The van der Waals surface area contributed by atoms with Crippen LogP contribution in [0.1, 0.15) is 12.0 Å². The van der Waals surface area contributed by atoms with Gasteiger partial charge in [0.25, 0.3) is 0 Å². The highest BCUT2D eigenvalue weighted by molar-refractivity contribution is 5.46. The maximum absolute atomic E-state index is 3.43. The molecule has 2 heteroatoms. The second-order valence-electron chi connectivity index (χ2n) is 4.90. The van der Waals surface area contributed by atoms with E-state index in [1.165, 1.54) is 16.9 Å². The van der Waals surface area contributed by atoms with E-state index in [1.54, 1.807) is 0 Å². The number of hydrogen-bond acceptors (Lipinski definition) is 2. The summed E-state index contributed by atoms with van der Waals surface area (Å²) in [4.78, 5) is 2.30. The molecule has 0 heterocycles. The van der Waals surface area contributed by atoms with Crippen LogP contribution in [-0.4, -0.2) is 20.1 Å². The topological polar surface area (TPSA) is 15.3 Å². The van der Waals surface area contributed by atoms with E-state index < -0.39 is 0 Å². The first kappa shape index (κ1) is 13.5. The Kier molecular flexibility index (Phi) is 4.85. The number of benzene rings is 2. The van der Waals surface area contributed by atoms with E-state index in [9.17, 15) is 0 Å². The van der Waals surface area contributed by atoms with Gasteiger partial charge in [0.15, 0.2) is 0 Å². The summed E-state index contributed by atoms with van der Waals surface area (Å²) in [5.41, 5.74) is 3.79. The molecular weight excluding hydrogens is 232 g/mol. The minimum absolute atomic E-state index is 1.00. The highest BCUT2D eigenvalue weighted by atomic mass is 15.1. The summed E-state index contributed by atoms with van der Waals surface area (Å²) in [6.07, 6.45) is 1.12. The van der Waals surface area contributed by atoms with Crippen LogP contribution in [0.15, 0.2) is 54.6 Å². The third kappa shape index (κ3) is 4.32. The van der Waals surface area contributed by atoms with Gasteiger partial charge in [0, 0.05) is 31.5 Å². The van der Waals surface area contributed by atoms with Crippen LogP contribution in [-0.2, 0) is 0 Å². The number of hydrogen-bond donors (Lipinski definition) is 1. The predicted molar refractivity (Wildman–Crippen MR) is 84.0 cm³/mol. The quantitative estimate of drug-likeness (QED) is 0.786. The molecule has 100 valence electrons. The summed E-state index contributed by atoms with van der Waals surface area (Å²) in [7, 11) is 2.15. The molecule has 0 bridgehead atoms. The van der Waals surface area contributed by atoms with Crippen LogP contribution in [0.4, 0.5) is 11.4 Å². The molecule has 2 rings (SSSR count). The average molecular weight is 254 g/mol. The molecule has 0 atom stereocenters. The van der Waals surface area contributed by atoms with Crippen molar-refractivity contribution in [3.63, 3.8) is 0 Å². The molecule has 0 spiro atoms. The van der Waals surface area contributed by atoms with Gasteiger partial charge in [0.2, 0.25) is 0 Å². The normalized spacial score (nSPS) is 10.2. The van der Waals surface area contributed by atoms with Gasteiger partial charge in [0.1, 0.15) is 0 Å². The summed E-state index contributed by atoms with van der Waals surface area (Å²) in [5, 5.41) is 3.43. The zero-order chi connectivity index (χ0) is 13.5. The van der Waals surface area contributed by atoms with Crippen LogP contribution in [0, 0.1) is 6.92 Å². The minimum atomic E-state index is 1.00. The Hall–Kier alpha value is -1.96. The largest absolute Gasteiger partial charge is 0.385 e. The smallest absolute Gasteiger partial charge is 0.0363 e. The summed E-state index contributed by atoms with van der Waals surface area (Å²) < 4.78 is 0. The van der Waals surface area contributed by atoms with Crippen molar-refractivity contribution in [1.82, 2.24) is 0 Å². The minimum Gasteiger partial charge on any atom is -0.385 e. The van der Waals surface area contributed by atoms with E-state index in [0.717, 1.165) is 19.5 Å². The lowest BCUT2D eigenvalue weighted by Crippen LogP contribution is -2.20. The highest BCUT2D eigenvalue weighted by Gasteiger charge is 1.99. The molecule has 0 aliphatic rings. The Morgan fingerprint density at radius 3 is 2.32 bits per heavy atom. The number of aryl methyl sites for hydroxylation is 1. The maximum atomic E-state index is 3.43. The van der Waals surface area contributed by atoms with Crippen LogP contribution in [0.2, 0.25) is 0 Å². The van der Waals surface area contributed by atoms with Crippen LogP contribution in [0.3, 0.4) is 0 Å². The summed E-state index contributed by atoms with van der Waals surface area (Å²) >= 11 is 0. The molecule has 0 radical (unpaired) electrons. The second-order valence-corrected chi connectivity index (χ2v) is 4.90. The Balaban J connectivity index is 1.72. The molecule has 0 aliphatic carbocycles. The molecular formula is C17H22N2. The maximum Gasteiger partial charge on any atom is 0.0363 e. The van der Waals surface area contributed by atoms with Crippen molar-refractivity contribution in [2.75, 3.05) is 30.4 Å². The molecule has 0 saturated carbocycles. The van der Waals surface area contributed by atoms with Crippen molar-refractivity contribution < 1.29 is 0 Å². The van der Waals surface area contributed by atoms with E-state index in [-0.39, 0.29) is 0 Å². The number of nitrogens with one attached hydrogen (secondary N) is 1. The standard InChI is InChI=1S/C17H22N2/c1-15-9-11-17(12-10-15)19(2)14-6-13-18-16-7-4-3-5-8-16/h3-5,7-12,18H,6,13-14H2,1-2H3. The molecule has 0 aromatic heterocycles. The van der Waals surface area contributed by atoms with Gasteiger partial charge in [-0.15, -0.1) is 0 Å². The zero-order valence-electron chi connectivity index (χ0n) is 11.8. The van der Waals surface area contributed by atoms with Gasteiger partial charge in [-0.25, -0.2) is 0 Å². The molecule has 19 heavy (non-hydrogen) atoms. The number of anilines is 2. The van der Waals surface area contributed by atoms with E-state index in [1.807, 2.05) is 6.07 Å². The van der Waals surface area contributed by atoms with Crippen molar-refractivity contribution in [3.05, 3.63) is 60.2 Å². The third-order valence-electron chi connectivity index (χ3n) is 3.25. The molecule has 0 aliphatic heterocycles. The Labute approximate surface area is 116 Å². The fraction of sp³-hybridized carbons (Fsp3) is 0.294. The lowest BCUT2D eigenvalue weighted by Gasteiger charge is -2.19. The van der Waals surface area contributed by atoms with Gasteiger partial charge >= 0.3 is 0 Å². The van der Waals surface area contributed by atoms with Gasteiger partial charge in [-0.1, -0.05) is 35.9 Å². The molecule has 0 fully saturated rings. The molecule has 1 N–H and O–H groups in total. The molecule has 2 aromatic carbocycles. The van der Waals surface area contributed by atoms with Crippen molar-refractivity contribution in [2.24, 2.45) is 0 Å². The van der Waals surface area contributed by atoms with Crippen molar-refractivity contribution in [1.29, 1.82) is 0 Å². The van der Waals surface area contributed by atoms with E-state index >= 15 is 0 Å². The fourth-order valence-electron chi connectivity index (χ4n) is 2.03. The van der Waals surface area contributed by atoms with Crippen LogP contribution in [0.5, 0.6) is 0 Å². The van der Waals surface area contributed by atoms with Crippen LogP contribution < -0.4 is 10.2 Å². The van der Waals surface area contributed by atoms with Crippen molar-refractivity contribution in [3.8, 4) is 0 Å². The summed E-state index contributed by atoms with van der Waals surface area (Å²) in [5.74, 6) is 0. The van der Waals surface area contributed by atoms with Crippen molar-refractivity contribution >= 4 is 11.4 Å². The van der Waals surface area contributed by atoms with Gasteiger partial charge in [-0.05, 0) is 37.6 Å². The Morgan fingerprint density at radius 1 is 0.947 bits per heavy atom.